The monoisotopic (exact) mass is 226 g/mol. The van der Waals surface area contributed by atoms with E-state index in [0.717, 1.165) is 0 Å². The Bertz CT molecular complexity index is 381. The van der Waals surface area contributed by atoms with Gasteiger partial charge in [-0.2, -0.15) is 11.8 Å². The van der Waals surface area contributed by atoms with E-state index in [4.69, 9.17) is 5.11 Å². The van der Waals surface area contributed by atoms with Gasteiger partial charge >= 0.3 is 5.97 Å². The average Bonchev–Trinajstić information content (AvgIpc) is 2.18. The zero-order valence-electron chi connectivity index (χ0n) is 8.06. The molecule has 0 aliphatic rings. The Hall–Kier alpha value is -1.56. The number of carbonyl (C=O) groups excluding carboxylic acids is 1. The Morgan fingerprint density at radius 1 is 1.60 bits per heavy atom. The predicted molar refractivity (Wildman–Crippen MR) is 58.2 cm³/mol. The van der Waals surface area contributed by atoms with E-state index in [9.17, 15) is 9.59 Å². The highest BCUT2D eigenvalue weighted by Crippen LogP contribution is 2.12. The van der Waals surface area contributed by atoms with E-state index < -0.39 is 5.97 Å². The SMILES string of the molecule is CSCC(=O)Nc1cccnc1C(=O)O. The molecule has 2 N–H and O–H groups in total. The van der Waals surface area contributed by atoms with Gasteiger partial charge < -0.3 is 10.4 Å². The zero-order chi connectivity index (χ0) is 11.3. The Labute approximate surface area is 90.9 Å². The van der Waals surface area contributed by atoms with Gasteiger partial charge in [-0.15, -0.1) is 0 Å². The summed E-state index contributed by atoms with van der Waals surface area (Å²) in [6, 6.07) is 3.08. The maximum absolute atomic E-state index is 11.2. The third-order valence-corrected chi connectivity index (χ3v) is 2.11. The Morgan fingerprint density at radius 3 is 2.93 bits per heavy atom. The zero-order valence-corrected chi connectivity index (χ0v) is 8.87. The highest BCUT2D eigenvalue weighted by Gasteiger charge is 2.12. The minimum Gasteiger partial charge on any atom is -0.476 e. The summed E-state index contributed by atoms with van der Waals surface area (Å²) in [7, 11) is 0. The lowest BCUT2D eigenvalue weighted by Gasteiger charge is -2.05. The molecule has 6 heteroatoms. The van der Waals surface area contributed by atoms with Crippen LogP contribution in [-0.4, -0.2) is 34.0 Å². The van der Waals surface area contributed by atoms with Gasteiger partial charge in [0.1, 0.15) is 0 Å². The molecule has 0 atom stereocenters. The van der Waals surface area contributed by atoms with Crippen molar-refractivity contribution in [2.75, 3.05) is 17.3 Å². The quantitative estimate of drug-likeness (QED) is 0.803. The van der Waals surface area contributed by atoms with Crippen LogP contribution in [0, 0.1) is 0 Å². The first-order valence-electron chi connectivity index (χ1n) is 4.12. The molecule has 0 saturated carbocycles. The largest absolute Gasteiger partial charge is 0.476 e. The number of rotatable bonds is 4. The molecule has 1 amide bonds. The Kier molecular flexibility index (Phi) is 4.11. The molecule has 1 heterocycles. The lowest BCUT2D eigenvalue weighted by atomic mass is 10.3. The standard InChI is InChI=1S/C9H10N2O3S/c1-15-5-7(12)11-6-3-2-4-10-8(6)9(13)14/h2-4H,5H2,1H3,(H,11,12)(H,13,14). The van der Waals surface area contributed by atoms with Crippen molar-refractivity contribution in [1.82, 2.24) is 4.98 Å². The smallest absolute Gasteiger partial charge is 0.356 e. The third kappa shape index (κ3) is 3.25. The molecule has 0 aliphatic carbocycles. The van der Waals surface area contributed by atoms with Crippen molar-refractivity contribution in [3.63, 3.8) is 0 Å². The van der Waals surface area contributed by atoms with E-state index in [2.05, 4.69) is 10.3 Å². The van der Waals surface area contributed by atoms with Gasteiger partial charge in [0.2, 0.25) is 5.91 Å². The normalized spacial score (nSPS) is 9.67. The maximum Gasteiger partial charge on any atom is 0.356 e. The molecule has 0 saturated heterocycles. The topological polar surface area (TPSA) is 79.3 Å². The number of carboxylic acids is 1. The molecular weight excluding hydrogens is 216 g/mol. The summed E-state index contributed by atoms with van der Waals surface area (Å²) in [5.74, 6) is -1.11. The van der Waals surface area contributed by atoms with Crippen molar-refractivity contribution in [3.05, 3.63) is 24.0 Å². The molecule has 0 spiro atoms. The van der Waals surface area contributed by atoms with Crippen LogP contribution >= 0.6 is 11.8 Å². The van der Waals surface area contributed by atoms with E-state index in [1.807, 2.05) is 0 Å². The Morgan fingerprint density at radius 2 is 2.33 bits per heavy atom. The molecule has 0 aliphatic heterocycles. The molecule has 5 nitrogen and oxygen atoms in total. The van der Waals surface area contributed by atoms with Crippen LogP contribution in [0.3, 0.4) is 0 Å². The molecule has 1 aromatic heterocycles. The molecule has 0 fully saturated rings. The van der Waals surface area contributed by atoms with Crippen LogP contribution in [0.1, 0.15) is 10.5 Å². The molecule has 15 heavy (non-hydrogen) atoms. The van der Waals surface area contributed by atoms with Gasteiger partial charge in [-0.1, -0.05) is 0 Å². The van der Waals surface area contributed by atoms with Crippen LogP contribution in [-0.2, 0) is 4.79 Å². The van der Waals surface area contributed by atoms with Crippen LogP contribution in [0.2, 0.25) is 0 Å². The van der Waals surface area contributed by atoms with Crippen LogP contribution in [0.5, 0.6) is 0 Å². The van der Waals surface area contributed by atoms with Crippen LogP contribution in [0.4, 0.5) is 5.69 Å². The predicted octanol–water partition coefficient (Wildman–Crippen LogP) is 1.08. The third-order valence-electron chi connectivity index (χ3n) is 1.56. The number of thioether (sulfide) groups is 1. The number of nitrogens with zero attached hydrogens (tertiary/aromatic N) is 1. The minimum absolute atomic E-state index is 0.146. The number of carbonyl (C=O) groups is 2. The number of hydrogen-bond acceptors (Lipinski definition) is 4. The van der Waals surface area contributed by atoms with Gasteiger partial charge in [0.15, 0.2) is 5.69 Å². The van der Waals surface area contributed by atoms with Gasteiger partial charge in [0, 0.05) is 6.20 Å². The van der Waals surface area contributed by atoms with Crippen molar-refractivity contribution in [2.45, 2.75) is 0 Å². The fourth-order valence-corrected chi connectivity index (χ4v) is 1.33. The van der Waals surface area contributed by atoms with Gasteiger partial charge in [-0.25, -0.2) is 9.78 Å². The van der Waals surface area contributed by atoms with Crippen molar-refractivity contribution < 1.29 is 14.7 Å². The molecule has 0 radical (unpaired) electrons. The second-order valence-electron chi connectivity index (χ2n) is 2.69. The summed E-state index contributed by atoms with van der Waals surface area (Å²) in [5, 5.41) is 11.3. The van der Waals surface area contributed by atoms with Crippen LogP contribution in [0.15, 0.2) is 18.3 Å². The van der Waals surface area contributed by atoms with E-state index in [1.165, 1.54) is 24.0 Å². The van der Waals surface area contributed by atoms with Crippen molar-refractivity contribution in [2.24, 2.45) is 0 Å². The highest BCUT2D eigenvalue weighted by molar-refractivity contribution is 7.99. The lowest BCUT2D eigenvalue weighted by molar-refractivity contribution is -0.113. The fraction of sp³-hybridized carbons (Fsp3) is 0.222. The number of aromatic carboxylic acids is 1. The molecule has 0 bridgehead atoms. The van der Waals surface area contributed by atoms with Gasteiger partial charge in [0.25, 0.3) is 0 Å². The molecular formula is C9H10N2O3S. The van der Waals surface area contributed by atoms with E-state index >= 15 is 0 Å². The summed E-state index contributed by atoms with van der Waals surface area (Å²) < 4.78 is 0. The van der Waals surface area contributed by atoms with Crippen LogP contribution < -0.4 is 5.32 Å². The maximum atomic E-state index is 11.2. The number of amides is 1. The second kappa shape index (κ2) is 5.35. The minimum atomic E-state index is -1.16. The number of pyridine rings is 1. The van der Waals surface area contributed by atoms with Crippen molar-refractivity contribution in [3.8, 4) is 0 Å². The summed E-state index contributed by atoms with van der Waals surface area (Å²) >= 11 is 1.36. The molecule has 0 aromatic carbocycles. The van der Waals surface area contributed by atoms with E-state index in [0.29, 0.717) is 0 Å². The number of nitrogens with one attached hydrogen (secondary N) is 1. The van der Waals surface area contributed by atoms with Gasteiger partial charge in [-0.05, 0) is 18.4 Å². The average molecular weight is 226 g/mol. The number of carboxylic acid groups (broad SMARTS) is 1. The van der Waals surface area contributed by atoms with E-state index in [1.54, 1.807) is 12.3 Å². The van der Waals surface area contributed by atoms with Crippen molar-refractivity contribution >= 4 is 29.3 Å². The number of hydrogen-bond donors (Lipinski definition) is 2. The summed E-state index contributed by atoms with van der Waals surface area (Å²) in [6.45, 7) is 0. The fourth-order valence-electron chi connectivity index (χ4n) is 0.994. The number of anilines is 1. The van der Waals surface area contributed by atoms with E-state index in [-0.39, 0.29) is 23.0 Å². The van der Waals surface area contributed by atoms with Crippen molar-refractivity contribution in [1.29, 1.82) is 0 Å². The first kappa shape index (κ1) is 11.5. The summed E-state index contributed by atoms with van der Waals surface area (Å²) in [4.78, 5) is 25.6. The summed E-state index contributed by atoms with van der Waals surface area (Å²) in [6.07, 6.45) is 3.16. The first-order valence-corrected chi connectivity index (χ1v) is 5.51. The molecule has 1 rings (SSSR count). The van der Waals surface area contributed by atoms with Gasteiger partial charge in [0.05, 0.1) is 11.4 Å². The highest BCUT2D eigenvalue weighted by atomic mass is 32.2. The first-order chi connectivity index (χ1) is 7.15. The van der Waals surface area contributed by atoms with Gasteiger partial charge in [-0.3, -0.25) is 4.79 Å². The molecule has 80 valence electrons. The molecule has 1 aromatic rings. The number of aromatic nitrogens is 1. The summed E-state index contributed by atoms with van der Waals surface area (Å²) in [5.41, 5.74) is 0.0796. The lowest BCUT2D eigenvalue weighted by Crippen LogP contribution is -2.17. The Balaban J connectivity index is 2.84. The second-order valence-corrected chi connectivity index (χ2v) is 3.55. The van der Waals surface area contributed by atoms with Crippen LogP contribution in [0.25, 0.3) is 0 Å². The molecule has 0 unspecified atom stereocenters.